The summed E-state index contributed by atoms with van der Waals surface area (Å²) in [5.74, 6) is 0.187. The summed E-state index contributed by atoms with van der Waals surface area (Å²) >= 11 is 1.66. The summed E-state index contributed by atoms with van der Waals surface area (Å²) in [5.41, 5.74) is 9.28. The van der Waals surface area contributed by atoms with E-state index in [0.717, 1.165) is 40.4 Å². The number of hydrogen-bond acceptors (Lipinski definition) is 4. The van der Waals surface area contributed by atoms with Crippen LogP contribution >= 0.6 is 11.3 Å². The topological polar surface area (TPSA) is 68.0 Å². The molecule has 3 atom stereocenters. The second-order valence-corrected chi connectivity index (χ2v) is 7.87. The minimum Gasteiger partial charge on any atom is -0.348 e. The second-order valence-electron chi connectivity index (χ2n) is 6.84. The number of nitrogens with zero attached hydrogens (tertiary/aromatic N) is 1. The predicted octanol–water partition coefficient (Wildman–Crippen LogP) is 3.73. The van der Waals surface area contributed by atoms with Gasteiger partial charge in [0, 0.05) is 17.5 Å². The molecule has 0 saturated heterocycles. The lowest BCUT2D eigenvalue weighted by Crippen LogP contribution is -2.32. The summed E-state index contributed by atoms with van der Waals surface area (Å²) in [7, 11) is 0. The highest BCUT2D eigenvalue weighted by atomic mass is 32.1. The number of carbonyl (C=O) groups is 1. The Kier molecular flexibility index (Phi) is 5.01. The lowest BCUT2D eigenvalue weighted by Gasteiger charge is -2.16. The Balaban J connectivity index is 1.72. The molecule has 0 aliphatic heterocycles. The van der Waals surface area contributed by atoms with Gasteiger partial charge >= 0.3 is 0 Å². The van der Waals surface area contributed by atoms with E-state index in [9.17, 15) is 4.79 Å². The average Bonchev–Trinajstić information content (AvgIpc) is 3.14. The van der Waals surface area contributed by atoms with Gasteiger partial charge in [-0.05, 0) is 40.0 Å². The average molecular weight is 343 g/mol. The van der Waals surface area contributed by atoms with Crippen LogP contribution in [-0.2, 0) is 4.79 Å². The summed E-state index contributed by atoms with van der Waals surface area (Å²) in [5, 5.41) is 4.16. The first-order valence-corrected chi connectivity index (χ1v) is 9.36. The maximum atomic E-state index is 12.4. The number of aromatic nitrogens is 1. The van der Waals surface area contributed by atoms with E-state index in [0.29, 0.717) is 0 Å². The van der Waals surface area contributed by atoms with Crippen LogP contribution in [-0.4, -0.2) is 16.9 Å². The van der Waals surface area contributed by atoms with E-state index < -0.39 is 0 Å². The van der Waals surface area contributed by atoms with Gasteiger partial charge in [-0.2, -0.15) is 0 Å². The van der Waals surface area contributed by atoms with Gasteiger partial charge < -0.3 is 11.1 Å². The largest absolute Gasteiger partial charge is 0.348 e. The minimum atomic E-state index is -0.0222. The Morgan fingerprint density at radius 1 is 1.29 bits per heavy atom. The molecule has 1 saturated carbocycles. The van der Waals surface area contributed by atoms with Crippen LogP contribution in [0.3, 0.4) is 0 Å². The number of amides is 1. The molecule has 3 N–H and O–H groups in total. The molecule has 2 aromatic rings. The Labute approximate surface area is 147 Å². The molecule has 1 aromatic heterocycles. The summed E-state index contributed by atoms with van der Waals surface area (Å²) in [6.45, 7) is 6.12. The van der Waals surface area contributed by atoms with E-state index >= 15 is 0 Å². The SMILES string of the molecule is Cc1ccc(-c2nc(C)c(C(C)NC(=O)C3CCC(N)C3)s2)cc1. The number of aryl methyl sites for hydroxylation is 2. The van der Waals surface area contributed by atoms with Crippen LogP contribution in [0.1, 0.15) is 48.4 Å². The molecule has 0 spiro atoms. The summed E-state index contributed by atoms with van der Waals surface area (Å²) in [4.78, 5) is 18.2. The Morgan fingerprint density at radius 2 is 2.00 bits per heavy atom. The van der Waals surface area contributed by atoms with Crippen molar-refractivity contribution in [2.24, 2.45) is 11.7 Å². The fraction of sp³-hybridized carbons (Fsp3) is 0.474. The van der Waals surface area contributed by atoms with Crippen molar-refractivity contribution < 1.29 is 4.79 Å². The van der Waals surface area contributed by atoms with Crippen molar-refractivity contribution in [3.63, 3.8) is 0 Å². The van der Waals surface area contributed by atoms with Gasteiger partial charge in [-0.15, -0.1) is 11.3 Å². The van der Waals surface area contributed by atoms with Gasteiger partial charge in [0.1, 0.15) is 5.01 Å². The summed E-state index contributed by atoms with van der Waals surface area (Å²) < 4.78 is 0. The molecule has 1 amide bonds. The van der Waals surface area contributed by atoms with Gasteiger partial charge in [-0.1, -0.05) is 29.8 Å². The first kappa shape index (κ1) is 17.1. The predicted molar refractivity (Wildman–Crippen MR) is 98.9 cm³/mol. The molecule has 4 nitrogen and oxygen atoms in total. The number of nitrogens with one attached hydrogen (secondary N) is 1. The van der Waals surface area contributed by atoms with Crippen molar-refractivity contribution in [1.82, 2.24) is 10.3 Å². The van der Waals surface area contributed by atoms with Crippen molar-refractivity contribution in [3.05, 3.63) is 40.4 Å². The van der Waals surface area contributed by atoms with Crippen molar-refractivity contribution in [1.29, 1.82) is 0 Å². The van der Waals surface area contributed by atoms with E-state index in [1.54, 1.807) is 11.3 Å². The van der Waals surface area contributed by atoms with Crippen LogP contribution < -0.4 is 11.1 Å². The van der Waals surface area contributed by atoms with Crippen LogP contribution in [0.15, 0.2) is 24.3 Å². The molecule has 24 heavy (non-hydrogen) atoms. The molecule has 3 unspecified atom stereocenters. The highest BCUT2D eigenvalue weighted by molar-refractivity contribution is 7.15. The molecule has 3 rings (SSSR count). The van der Waals surface area contributed by atoms with Crippen molar-refractivity contribution in [3.8, 4) is 10.6 Å². The molecule has 1 fully saturated rings. The Morgan fingerprint density at radius 3 is 2.62 bits per heavy atom. The fourth-order valence-corrected chi connectivity index (χ4v) is 4.35. The van der Waals surface area contributed by atoms with Crippen LogP contribution in [0.2, 0.25) is 0 Å². The highest BCUT2D eigenvalue weighted by Gasteiger charge is 2.29. The third-order valence-corrected chi connectivity index (χ3v) is 6.12. The van der Waals surface area contributed by atoms with Gasteiger partial charge in [0.2, 0.25) is 5.91 Å². The van der Waals surface area contributed by atoms with E-state index in [1.165, 1.54) is 5.56 Å². The second kappa shape index (κ2) is 7.03. The normalized spacial score (nSPS) is 21.7. The van der Waals surface area contributed by atoms with Gasteiger partial charge in [0.15, 0.2) is 0 Å². The fourth-order valence-electron chi connectivity index (χ4n) is 3.28. The van der Waals surface area contributed by atoms with E-state index in [4.69, 9.17) is 10.7 Å². The lowest BCUT2D eigenvalue weighted by atomic mass is 10.1. The Bertz CT molecular complexity index is 723. The zero-order valence-electron chi connectivity index (χ0n) is 14.5. The molecular weight excluding hydrogens is 318 g/mol. The highest BCUT2D eigenvalue weighted by Crippen LogP contribution is 2.32. The van der Waals surface area contributed by atoms with E-state index in [2.05, 4.69) is 36.5 Å². The van der Waals surface area contributed by atoms with Crippen LogP contribution in [0.25, 0.3) is 10.6 Å². The number of thiazole rings is 1. The molecule has 1 aliphatic rings. The molecule has 1 aliphatic carbocycles. The maximum Gasteiger partial charge on any atom is 0.223 e. The number of rotatable bonds is 4. The molecular formula is C19H25N3OS. The van der Waals surface area contributed by atoms with Gasteiger partial charge in [-0.25, -0.2) is 4.98 Å². The molecule has 1 aromatic carbocycles. The first-order chi connectivity index (χ1) is 11.4. The van der Waals surface area contributed by atoms with Crippen LogP contribution in [0.4, 0.5) is 0 Å². The lowest BCUT2D eigenvalue weighted by molar-refractivity contribution is -0.125. The van der Waals surface area contributed by atoms with Crippen LogP contribution in [0.5, 0.6) is 0 Å². The number of carbonyl (C=O) groups excluding carboxylic acids is 1. The Hall–Kier alpha value is -1.72. The van der Waals surface area contributed by atoms with Crippen molar-refractivity contribution in [2.75, 3.05) is 0 Å². The standard InChI is InChI=1S/C19H25N3OS/c1-11-4-6-14(7-5-11)19-22-13(3)17(24-19)12(2)21-18(23)15-8-9-16(20)10-15/h4-7,12,15-16H,8-10,20H2,1-3H3,(H,21,23). The third kappa shape index (κ3) is 3.68. The third-order valence-electron chi connectivity index (χ3n) is 4.73. The summed E-state index contributed by atoms with van der Waals surface area (Å²) in [6, 6.07) is 8.54. The van der Waals surface area contributed by atoms with Crippen LogP contribution in [0, 0.1) is 19.8 Å². The monoisotopic (exact) mass is 343 g/mol. The molecule has 0 bridgehead atoms. The quantitative estimate of drug-likeness (QED) is 0.889. The van der Waals surface area contributed by atoms with Crippen molar-refractivity contribution >= 4 is 17.2 Å². The molecule has 128 valence electrons. The molecule has 5 heteroatoms. The molecule has 1 heterocycles. The van der Waals surface area contributed by atoms with Gasteiger partial charge in [-0.3, -0.25) is 4.79 Å². The number of benzene rings is 1. The zero-order valence-corrected chi connectivity index (χ0v) is 15.3. The first-order valence-electron chi connectivity index (χ1n) is 8.54. The van der Waals surface area contributed by atoms with E-state index in [-0.39, 0.29) is 23.9 Å². The van der Waals surface area contributed by atoms with E-state index in [1.807, 2.05) is 13.8 Å². The number of nitrogens with two attached hydrogens (primary N) is 1. The van der Waals surface area contributed by atoms with Crippen molar-refractivity contribution in [2.45, 2.75) is 52.1 Å². The summed E-state index contributed by atoms with van der Waals surface area (Å²) in [6.07, 6.45) is 2.65. The van der Waals surface area contributed by atoms with Gasteiger partial charge in [0.05, 0.1) is 16.6 Å². The number of hydrogen-bond donors (Lipinski definition) is 2. The maximum absolute atomic E-state index is 12.4. The zero-order chi connectivity index (χ0) is 17.3. The molecule has 0 radical (unpaired) electrons. The van der Waals surface area contributed by atoms with Gasteiger partial charge in [0.25, 0.3) is 0 Å². The minimum absolute atomic E-state index is 0.0222. The smallest absolute Gasteiger partial charge is 0.223 e.